The molecule has 3 aromatic rings. The van der Waals surface area contributed by atoms with Gasteiger partial charge in [-0.25, -0.2) is 4.99 Å². The molecule has 0 saturated heterocycles. The fourth-order valence-electron chi connectivity index (χ4n) is 2.56. The predicted octanol–water partition coefficient (Wildman–Crippen LogP) is 6.52. The van der Waals surface area contributed by atoms with E-state index in [9.17, 15) is 0 Å². The Hall–Kier alpha value is -3.68. The predicted molar refractivity (Wildman–Crippen MR) is 119 cm³/mol. The Labute approximate surface area is 166 Å². The second kappa shape index (κ2) is 9.86. The molecule has 0 fully saturated rings. The third-order valence-corrected chi connectivity index (χ3v) is 4.14. The summed E-state index contributed by atoms with van der Waals surface area (Å²) in [4.78, 5) is 9.03. The summed E-state index contributed by atoms with van der Waals surface area (Å²) >= 11 is 0. The molecule has 0 aromatic heterocycles. The number of aliphatic imine (C=N–C) groups is 2. The Kier molecular flexibility index (Phi) is 6.73. The van der Waals surface area contributed by atoms with Crippen molar-refractivity contribution in [1.82, 2.24) is 0 Å². The number of methoxy groups -OCH3 is 1. The lowest BCUT2D eigenvalue weighted by Crippen LogP contribution is -1.81. The van der Waals surface area contributed by atoms with E-state index in [4.69, 9.17) is 4.74 Å². The normalized spacial score (nSPS) is 10.8. The molecular weight excluding hydrogens is 344 g/mol. The Balaban J connectivity index is 1.75. The average Bonchev–Trinajstić information content (AvgIpc) is 2.76. The molecule has 0 bridgehead atoms. The summed E-state index contributed by atoms with van der Waals surface area (Å²) in [5, 5.41) is 0. The Morgan fingerprint density at radius 2 is 1.54 bits per heavy atom. The van der Waals surface area contributed by atoms with Crippen molar-refractivity contribution in [2.24, 2.45) is 9.98 Å². The first-order valence-corrected chi connectivity index (χ1v) is 9.06. The molecule has 0 atom stereocenters. The lowest BCUT2D eigenvalue weighted by atomic mass is 10.1. The van der Waals surface area contributed by atoms with E-state index in [0.717, 1.165) is 33.8 Å². The quantitative estimate of drug-likeness (QED) is 0.457. The zero-order chi connectivity index (χ0) is 19.6. The van der Waals surface area contributed by atoms with Crippen LogP contribution in [0.15, 0.2) is 94.9 Å². The Morgan fingerprint density at radius 1 is 0.857 bits per heavy atom. The van der Waals surface area contributed by atoms with Crippen LogP contribution >= 0.6 is 0 Å². The molecule has 28 heavy (non-hydrogen) atoms. The van der Waals surface area contributed by atoms with E-state index in [1.165, 1.54) is 0 Å². The molecule has 0 spiro atoms. The van der Waals surface area contributed by atoms with Gasteiger partial charge in [-0.2, -0.15) is 0 Å². The molecule has 0 aliphatic carbocycles. The highest BCUT2D eigenvalue weighted by molar-refractivity contribution is 5.91. The molecular formula is C25H22N2O. The Morgan fingerprint density at radius 3 is 2.25 bits per heavy atom. The molecule has 0 unspecified atom stereocenters. The topological polar surface area (TPSA) is 34.0 Å². The minimum atomic E-state index is 0.784. The van der Waals surface area contributed by atoms with E-state index >= 15 is 0 Å². The first kappa shape index (κ1) is 19.1. The molecule has 0 saturated carbocycles. The monoisotopic (exact) mass is 366 g/mol. The number of rotatable bonds is 6. The fraction of sp³-hybridized carbons (Fsp3) is 0.0800. The Bertz CT molecular complexity index is 1030. The van der Waals surface area contributed by atoms with E-state index in [1.54, 1.807) is 13.3 Å². The van der Waals surface area contributed by atoms with Crippen LogP contribution in [-0.2, 0) is 0 Å². The van der Waals surface area contributed by atoms with E-state index in [1.807, 2.05) is 97.9 Å². The number of para-hydroxylation sites is 2. The summed E-state index contributed by atoms with van der Waals surface area (Å²) in [7, 11) is 1.66. The highest BCUT2D eigenvalue weighted by Gasteiger charge is 1.97. The standard InChI is InChI=1S/C25H22N2O/c1-20(22-10-4-3-5-11-22)19-27-25-13-7-6-12-24(25)26-18-8-9-21-14-16-23(28-2)17-15-21/h3-18H,1-2H3/b9-8+,26-18?. The van der Waals surface area contributed by atoms with Crippen LogP contribution in [-0.4, -0.2) is 19.2 Å². The van der Waals surface area contributed by atoms with Crippen molar-refractivity contribution in [3.8, 4) is 5.75 Å². The van der Waals surface area contributed by atoms with Crippen LogP contribution in [0.4, 0.5) is 11.4 Å². The maximum Gasteiger partial charge on any atom is 0.118 e. The maximum absolute atomic E-state index is 5.17. The van der Waals surface area contributed by atoms with Gasteiger partial charge in [-0.15, -0.1) is 0 Å². The van der Waals surface area contributed by atoms with Crippen molar-refractivity contribution < 1.29 is 4.74 Å². The first-order valence-electron chi connectivity index (χ1n) is 9.06. The van der Waals surface area contributed by atoms with Gasteiger partial charge in [0.05, 0.1) is 18.5 Å². The molecule has 0 radical (unpaired) electrons. The zero-order valence-corrected chi connectivity index (χ0v) is 16.0. The summed E-state index contributed by atoms with van der Waals surface area (Å²) < 4.78 is 5.17. The van der Waals surface area contributed by atoms with Gasteiger partial charge in [0.25, 0.3) is 0 Å². The number of hydrogen-bond acceptors (Lipinski definition) is 3. The second-order valence-corrected chi connectivity index (χ2v) is 6.11. The van der Waals surface area contributed by atoms with Gasteiger partial charge in [0, 0.05) is 11.8 Å². The summed E-state index contributed by atoms with van der Waals surface area (Å²) in [5.41, 5.74) is 4.76. The maximum atomic E-state index is 5.17. The van der Waals surface area contributed by atoms with Gasteiger partial charge in [0.15, 0.2) is 0 Å². The summed E-state index contributed by atoms with van der Waals surface area (Å²) in [6, 6.07) is 25.7. The lowest BCUT2D eigenvalue weighted by Gasteiger charge is -1.99. The van der Waals surface area contributed by atoms with Crippen LogP contribution < -0.4 is 4.74 Å². The first-order chi connectivity index (χ1) is 13.8. The SMILES string of the molecule is COc1ccc(/C=C/C=Nc2ccccc2N=C=C(C)c2ccccc2)cc1. The van der Waals surface area contributed by atoms with Gasteiger partial charge in [-0.1, -0.05) is 60.7 Å². The van der Waals surface area contributed by atoms with Crippen molar-refractivity contribution in [2.45, 2.75) is 6.92 Å². The highest BCUT2D eigenvalue weighted by Crippen LogP contribution is 2.26. The number of nitrogens with zero attached hydrogens (tertiary/aromatic N) is 2. The van der Waals surface area contributed by atoms with Gasteiger partial charge >= 0.3 is 0 Å². The summed E-state index contributed by atoms with van der Waals surface area (Å²) in [6.45, 7) is 2.00. The summed E-state index contributed by atoms with van der Waals surface area (Å²) in [6.07, 6.45) is 5.67. The van der Waals surface area contributed by atoms with Gasteiger partial charge in [-0.3, -0.25) is 4.99 Å². The third-order valence-electron chi connectivity index (χ3n) is 4.14. The highest BCUT2D eigenvalue weighted by atomic mass is 16.5. The minimum Gasteiger partial charge on any atom is -0.497 e. The lowest BCUT2D eigenvalue weighted by molar-refractivity contribution is 0.415. The van der Waals surface area contributed by atoms with Crippen LogP contribution in [0.2, 0.25) is 0 Å². The second-order valence-electron chi connectivity index (χ2n) is 6.11. The number of hydrogen-bond donors (Lipinski definition) is 0. The van der Waals surface area contributed by atoms with Crippen LogP contribution in [0, 0.1) is 0 Å². The molecule has 0 aliphatic rings. The number of benzene rings is 3. The fourth-order valence-corrected chi connectivity index (χ4v) is 2.56. The van der Waals surface area contributed by atoms with Crippen molar-refractivity contribution >= 4 is 35.1 Å². The van der Waals surface area contributed by atoms with Gasteiger partial charge in [0.1, 0.15) is 5.75 Å². The van der Waals surface area contributed by atoms with E-state index in [-0.39, 0.29) is 0 Å². The number of allylic oxidation sites excluding steroid dienone is 2. The van der Waals surface area contributed by atoms with E-state index < -0.39 is 0 Å². The molecule has 3 nitrogen and oxygen atoms in total. The van der Waals surface area contributed by atoms with Crippen LogP contribution in [0.1, 0.15) is 18.1 Å². The average molecular weight is 366 g/mol. The van der Waals surface area contributed by atoms with E-state index in [0.29, 0.717) is 0 Å². The molecule has 0 heterocycles. The summed E-state index contributed by atoms with van der Waals surface area (Å²) in [5.74, 6) is 3.96. The molecule has 3 aromatic carbocycles. The molecule has 0 amide bonds. The van der Waals surface area contributed by atoms with Gasteiger partial charge < -0.3 is 4.74 Å². The molecule has 0 aliphatic heterocycles. The van der Waals surface area contributed by atoms with Gasteiger partial charge in [0.2, 0.25) is 0 Å². The van der Waals surface area contributed by atoms with E-state index in [2.05, 4.69) is 15.9 Å². The zero-order valence-electron chi connectivity index (χ0n) is 16.0. The smallest absolute Gasteiger partial charge is 0.118 e. The largest absolute Gasteiger partial charge is 0.497 e. The van der Waals surface area contributed by atoms with Crippen LogP contribution in [0.5, 0.6) is 5.75 Å². The minimum absolute atomic E-state index is 0.784. The van der Waals surface area contributed by atoms with Crippen LogP contribution in [0.3, 0.4) is 0 Å². The molecule has 0 N–H and O–H groups in total. The van der Waals surface area contributed by atoms with Crippen molar-refractivity contribution in [2.75, 3.05) is 7.11 Å². The molecule has 138 valence electrons. The van der Waals surface area contributed by atoms with Crippen molar-refractivity contribution in [3.63, 3.8) is 0 Å². The molecule has 3 rings (SSSR count). The van der Waals surface area contributed by atoms with Crippen molar-refractivity contribution in [1.29, 1.82) is 0 Å². The van der Waals surface area contributed by atoms with Crippen molar-refractivity contribution in [3.05, 3.63) is 96.1 Å². The molecule has 3 heteroatoms. The van der Waals surface area contributed by atoms with Gasteiger partial charge in [-0.05, 0) is 54.3 Å². The van der Waals surface area contributed by atoms with Crippen LogP contribution in [0.25, 0.3) is 11.6 Å². The number of ether oxygens (including phenoxy) is 1. The third kappa shape index (κ3) is 5.41.